The van der Waals surface area contributed by atoms with Gasteiger partial charge in [0.1, 0.15) is 5.54 Å². The highest BCUT2D eigenvalue weighted by atomic mass is 16.4. The second-order valence-corrected chi connectivity index (χ2v) is 5.90. The highest BCUT2D eigenvalue weighted by Gasteiger charge is 2.38. The van der Waals surface area contributed by atoms with Crippen LogP contribution in [0.4, 0.5) is 4.79 Å². The Balaban J connectivity index is 2.87. The second kappa shape index (κ2) is 7.64. The lowest BCUT2D eigenvalue weighted by atomic mass is 9.93. The molecule has 0 spiro atoms. The monoisotopic (exact) mass is 299 g/mol. The molecule has 122 valence electrons. The van der Waals surface area contributed by atoms with Crippen LogP contribution in [0.1, 0.15) is 46.5 Å². The highest BCUT2D eigenvalue weighted by molar-refractivity contribution is 5.86. The molecule has 1 aliphatic heterocycles. The van der Waals surface area contributed by atoms with Gasteiger partial charge in [-0.05, 0) is 39.3 Å². The number of aliphatic carboxylic acids is 1. The number of carbonyl (C=O) groups excluding carboxylic acids is 1. The van der Waals surface area contributed by atoms with Crippen LogP contribution in [-0.2, 0) is 4.79 Å². The molecule has 0 aliphatic carbocycles. The lowest BCUT2D eigenvalue weighted by molar-refractivity contribution is -0.144. The minimum atomic E-state index is -1.16. The summed E-state index contributed by atoms with van der Waals surface area (Å²) in [5.74, 6) is -0.958. The van der Waals surface area contributed by atoms with Gasteiger partial charge in [0.25, 0.3) is 0 Å². The number of hydrogen-bond donors (Lipinski definition) is 2. The first kappa shape index (κ1) is 17.8. The molecule has 1 aliphatic rings. The van der Waals surface area contributed by atoms with Crippen LogP contribution in [0.25, 0.3) is 0 Å². The Morgan fingerprint density at radius 2 is 1.86 bits per heavy atom. The number of carboxylic acid groups (broad SMARTS) is 1. The zero-order valence-corrected chi connectivity index (χ0v) is 13.7. The van der Waals surface area contributed by atoms with E-state index in [0.29, 0.717) is 19.4 Å². The molecule has 1 atom stereocenters. The Morgan fingerprint density at radius 1 is 1.24 bits per heavy atom. The molecule has 1 saturated heterocycles. The van der Waals surface area contributed by atoms with E-state index in [-0.39, 0.29) is 12.1 Å². The SMILES string of the molecule is CCC1CN(C)CCCN1C(=O)NC(CC)(CC)C(=O)O. The van der Waals surface area contributed by atoms with Crippen LogP contribution in [0.15, 0.2) is 0 Å². The smallest absolute Gasteiger partial charge is 0.329 e. The van der Waals surface area contributed by atoms with Gasteiger partial charge in [-0.2, -0.15) is 0 Å². The molecule has 2 amide bonds. The molecule has 0 aromatic rings. The fourth-order valence-electron chi connectivity index (χ4n) is 2.92. The fourth-order valence-corrected chi connectivity index (χ4v) is 2.92. The number of hydrogen-bond acceptors (Lipinski definition) is 3. The first-order valence-corrected chi connectivity index (χ1v) is 7.90. The van der Waals surface area contributed by atoms with Crippen molar-refractivity contribution in [2.75, 3.05) is 26.7 Å². The minimum Gasteiger partial charge on any atom is -0.480 e. The number of carboxylic acids is 1. The van der Waals surface area contributed by atoms with Gasteiger partial charge in [-0.15, -0.1) is 0 Å². The summed E-state index contributed by atoms with van der Waals surface area (Å²) < 4.78 is 0. The third-order valence-corrected chi connectivity index (χ3v) is 4.60. The maximum Gasteiger partial charge on any atom is 0.329 e. The summed E-state index contributed by atoms with van der Waals surface area (Å²) in [6, 6.07) is -0.110. The highest BCUT2D eigenvalue weighted by Crippen LogP contribution is 2.18. The molecule has 21 heavy (non-hydrogen) atoms. The number of rotatable bonds is 5. The van der Waals surface area contributed by atoms with Crippen molar-refractivity contribution in [3.05, 3.63) is 0 Å². The predicted molar refractivity (Wildman–Crippen MR) is 82.4 cm³/mol. The van der Waals surface area contributed by atoms with Gasteiger partial charge >= 0.3 is 12.0 Å². The number of likely N-dealkylation sites (N-methyl/N-ethyl adjacent to an activating group) is 1. The van der Waals surface area contributed by atoms with E-state index in [9.17, 15) is 14.7 Å². The van der Waals surface area contributed by atoms with Gasteiger partial charge in [0, 0.05) is 19.1 Å². The molecule has 0 bridgehead atoms. The Kier molecular flexibility index (Phi) is 6.45. The first-order valence-electron chi connectivity index (χ1n) is 7.90. The van der Waals surface area contributed by atoms with Crippen molar-refractivity contribution in [2.24, 2.45) is 0 Å². The Morgan fingerprint density at radius 3 is 2.33 bits per heavy atom. The van der Waals surface area contributed by atoms with E-state index >= 15 is 0 Å². The Hall–Kier alpha value is -1.30. The molecule has 0 radical (unpaired) electrons. The van der Waals surface area contributed by atoms with Gasteiger partial charge in [0.15, 0.2) is 0 Å². The van der Waals surface area contributed by atoms with Crippen LogP contribution in [0.5, 0.6) is 0 Å². The molecule has 0 aromatic carbocycles. The van der Waals surface area contributed by atoms with E-state index in [2.05, 4.69) is 24.2 Å². The lowest BCUT2D eigenvalue weighted by Crippen LogP contribution is -2.59. The largest absolute Gasteiger partial charge is 0.480 e. The van der Waals surface area contributed by atoms with Crippen molar-refractivity contribution < 1.29 is 14.7 Å². The van der Waals surface area contributed by atoms with E-state index < -0.39 is 11.5 Å². The van der Waals surface area contributed by atoms with Crippen LogP contribution < -0.4 is 5.32 Å². The van der Waals surface area contributed by atoms with Crippen molar-refractivity contribution >= 4 is 12.0 Å². The van der Waals surface area contributed by atoms with Crippen LogP contribution in [0, 0.1) is 0 Å². The van der Waals surface area contributed by atoms with Crippen LogP contribution >= 0.6 is 0 Å². The summed E-state index contributed by atoms with van der Waals surface area (Å²) in [5, 5.41) is 12.2. The van der Waals surface area contributed by atoms with E-state index in [4.69, 9.17) is 0 Å². The predicted octanol–water partition coefficient (Wildman–Crippen LogP) is 1.76. The maximum atomic E-state index is 12.6. The van der Waals surface area contributed by atoms with Crippen molar-refractivity contribution in [3.8, 4) is 0 Å². The van der Waals surface area contributed by atoms with Gasteiger partial charge in [-0.25, -0.2) is 9.59 Å². The van der Waals surface area contributed by atoms with E-state index in [0.717, 1.165) is 25.9 Å². The van der Waals surface area contributed by atoms with Gasteiger partial charge in [0.05, 0.1) is 0 Å². The minimum absolute atomic E-state index is 0.137. The number of amides is 2. The summed E-state index contributed by atoms with van der Waals surface area (Å²) >= 11 is 0. The van der Waals surface area contributed by atoms with Gasteiger partial charge in [-0.3, -0.25) is 0 Å². The van der Waals surface area contributed by atoms with Gasteiger partial charge in [0.2, 0.25) is 0 Å². The maximum absolute atomic E-state index is 12.6. The third kappa shape index (κ3) is 4.09. The van der Waals surface area contributed by atoms with Gasteiger partial charge < -0.3 is 20.2 Å². The van der Waals surface area contributed by atoms with E-state index in [1.54, 1.807) is 13.8 Å². The number of carbonyl (C=O) groups is 2. The standard InChI is InChI=1S/C15H29N3O3/c1-5-12-11-17(4)9-8-10-18(12)14(21)16-15(6-2,7-3)13(19)20/h12H,5-11H2,1-4H3,(H,16,21)(H,19,20). The van der Waals surface area contributed by atoms with Crippen molar-refractivity contribution in [3.63, 3.8) is 0 Å². The van der Waals surface area contributed by atoms with Crippen molar-refractivity contribution in [1.82, 2.24) is 15.1 Å². The molecule has 0 saturated carbocycles. The van der Waals surface area contributed by atoms with Crippen LogP contribution in [0.3, 0.4) is 0 Å². The molecule has 2 N–H and O–H groups in total. The molecular weight excluding hydrogens is 270 g/mol. The summed E-state index contributed by atoms with van der Waals surface area (Å²) in [6.45, 7) is 8.14. The van der Waals surface area contributed by atoms with Crippen molar-refractivity contribution in [2.45, 2.75) is 58.0 Å². The third-order valence-electron chi connectivity index (χ3n) is 4.60. The molecule has 1 fully saturated rings. The fraction of sp³-hybridized carbons (Fsp3) is 0.867. The Labute approximate surface area is 127 Å². The molecular formula is C15H29N3O3. The molecule has 6 nitrogen and oxygen atoms in total. The first-order chi connectivity index (χ1) is 9.90. The number of nitrogens with zero attached hydrogens (tertiary/aromatic N) is 2. The average molecular weight is 299 g/mol. The summed E-state index contributed by atoms with van der Waals surface area (Å²) in [5.41, 5.74) is -1.16. The lowest BCUT2D eigenvalue weighted by Gasteiger charge is -2.35. The summed E-state index contributed by atoms with van der Waals surface area (Å²) in [4.78, 5) is 28.2. The normalized spacial score (nSPS) is 21.0. The topological polar surface area (TPSA) is 72.9 Å². The zero-order chi connectivity index (χ0) is 16.0. The summed E-state index contributed by atoms with van der Waals surface area (Å²) in [7, 11) is 2.06. The summed E-state index contributed by atoms with van der Waals surface area (Å²) in [6.07, 6.45) is 2.55. The Bertz CT molecular complexity index is 369. The molecule has 1 heterocycles. The van der Waals surface area contributed by atoms with Gasteiger partial charge in [-0.1, -0.05) is 20.8 Å². The average Bonchev–Trinajstić information content (AvgIpc) is 2.65. The van der Waals surface area contributed by atoms with Crippen LogP contribution in [0.2, 0.25) is 0 Å². The van der Waals surface area contributed by atoms with E-state index in [1.165, 1.54) is 0 Å². The molecule has 1 unspecified atom stereocenters. The quantitative estimate of drug-likeness (QED) is 0.811. The molecule has 1 rings (SSSR count). The number of nitrogens with one attached hydrogen (secondary N) is 1. The second-order valence-electron chi connectivity index (χ2n) is 5.90. The zero-order valence-electron chi connectivity index (χ0n) is 13.7. The van der Waals surface area contributed by atoms with Crippen molar-refractivity contribution in [1.29, 1.82) is 0 Å². The molecule has 6 heteroatoms. The molecule has 0 aromatic heterocycles. The van der Waals surface area contributed by atoms with E-state index in [1.807, 2.05) is 4.90 Å². The number of urea groups is 1. The van der Waals surface area contributed by atoms with Crippen LogP contribution in [-0.4, -0.2) is 65.2 Å².